The molecule has 0 saturated heterocycles. The minimum atomic E-state index is -0.200. The summed E-state index contributed by atoms with van der Waals surface area (Å²) in [6, 6.07) is 5.18. The molecular formula is C18H29ClFN. The Morgan fingerprint density at radius 3 is 2.48 bits per heavy atom. The molecule has 3 heteroatoms. The number of likely N-dealkylation sites (N-methyl/N-ethyl adjacent to an activating group) is 1. The average molecular weight is 314 g/mol. The highest BCUT2D eigenvalue weighted by atomic mass is 35.5. The highest BCUT2D eigenvalue weighted by Crippen LogP contribution is 2.28. The van der Waals surface area contributed by atoms with Gasteiger partial charge in [0.2, 0.25) is 0 Å². The zero-order chi connectivity index (χ0) is 16.0. The number of hydrogen-bond acceptors (Lipinski definition) is 1. The van der Waals surface area contributed by atoms with Gasteiger partial charge in [-0.15, -0.1) is 0 Å². The second-order valence-electron chi connectivity index (χ2n) is 7.26. The topological polar surface area (TPSA) is 12.0 Å². The van der Waals surface area contributed by atoms with E-state index < -0.39 is 0 Å². The molecule has 2 unspecified atom stereocenters. The molecule has 0 aliphatic heterocycles. The van der Waals surface area contributed by atoms with Gasteiger partial charge in [0.1, 0.15) is 5.82 Å². The van der Waals surface area contributed by atoms with Gasteiger partial charge in [-0.3, -0.25) is 0 Å². The quantitative estimate of drug-likeness (QED) is 0.704. The minimum Gasteiger partial charge on any atom is -0.314 e. The van der Waals surface area contributed by atoms with Gasteiger partial charge in [0.15, 0.2) is 0 Å². The molecule has 21 heavy (non-hydrogen) atoms. The maximum atomic E-state index is 13.9. The summed E-state index contributed by atoms with van der Waals surface area (Å²) in [5.74, 6) is 0.397. The highest BCUT2D eigenvalue weighted by Gasteiger charge is 2.20. The smallest absolute Gasteiger partial charge is 0.127 e. The van der Waals surface area contributed by atoms with Gasteiger partial charge >= 0.3 is 0 Å². The van der Waals surface area contributed by atoms with Crippen LogP contribution in [-0.4, -0.2) is 12.6 Å². The van der Waals surface area contributed by atoms with Gasteiger partial charge in [0.05, 0.1) is 0 Å². The third-order valence-electron chi connectivity index (χ3n) is 3.65. The van der Waals surface area contributed by atoms with Crippen molar-refractivity contribution in [3.63, 3.8) is 0 Å². The maximum absolute atomic E-state index is 13.9. The van der Waals surface area contributed by atoms with Gasteiger partial charge in [0.25, 0.3) is 0 Å². The van der Waals surface area contributed by atoms with Crippen LogP contribution in [0.5, 0.6) is 0 Å². The highest BCUT2D eigenvalue weighted by molar-refractivity contribution is 6.31. The van der Waals surface area contributed by atoms with Crippen LogP contribution in [0.15, 0.2) is 18.2 Å². The maximum Gasteiger partial charge on any atom is 0.127 e. The lowest BCUT2D eigenvalue weighted by Gasteiger charge is -2.27. The Morgan fingerprint density at radius 1 is 1.29 bits per heavy atom. The fourth-order valence-corrected chi connectivity index (χ4v) is 3.36. The van der Waals surface area contributed by atoms with Crippen molar-refractivity contribution in [3.8, 4) is 0 Å². The Labute approximate surface area is 134 Å². The van der Waals surface area contributed by atoms with E-state index >= 15 is 0 Å². The molecule has 0 fully saturated rings. The van der Waals surface area contributed by atoms with E-state index in [1.165, 1.54) is 12.5 Å². The Morgan fingerprint density at radius 2 is 1.95 bits per heavy atom. The van der Waals surface area contributed by atoms with Gasteiger partial charge in [0, 0.05) is 16.6 Å². The normalized spacial score (nSPS) is 15.0. The molecular weight excluding hydrogens is 285 g/mol. The predicted molar refractivity (Wildman–Crippen MR) is 90.4 cm³/mol. The second-order valence-corrected chi connectivity index (χ2v) is 7.67. The fourth-order valence-electron chi connectivity index (χ4n) is 3.12. The first kappa shape index (κ1) is 18.4. The zero-order valence-electron chi connectivity index (χ0n) is 14.0. The molecule has 0 aromatic heterocycles. The summed E-state index contributed by atoms with van der Waals surface area (Å²) in [7, 11) is 0. The Kier molecular flexibility index (Phi) is 7.15. The lowest BCUT2D eigenvalue weighted by molar-refractivity contribution is 0.274. The Balaban J connectivity index is 2.74. The summed E-state index contributed by atoms with van der Waals surface area (Å²) in [5, 5.41) is 4.01. The first-order chi connectivity index (χ1) is 9.73. The summed E-state index contributed by atoms with van der Waals surface area (Å²) in [5.41, 5.74) is 0.958. The number of benzene rings is 1. The monoisotopic (exact) mass is 313 g/mol. The van der Waals surface area contributed by atoms with Crippen molar-refractivity contribution in [1.29, 1.82) is 0 Å². The van der Waals surface area contributed by atoms with Gasteiger partial charge in [-0.05, 0) is 49.3 Å². The number of hydrogen-bond donors (Lipinski definition) is 1. The van der Waals surface area contributed by atoms with Crippen molar-refractivity contribution in [2.75, 3.05) is 6.54 Å². The predicted octanol–water partition coefficient (Wildman–Crippen LogP) is 5.46. The van der Waals surface area contributed by atoms with E-state index in [4.69, 9.17) is 11.6 Å². The summed E-state index contributed by atoms with van der Waals surface area (Å²) in [6.45, 7) is 12.0. The number of nitrogens with one attached hydrogen (secondary N) is 1. The van der Waals surface area contributed by atoms with Crippen molar-refractivity contribution in [1.82, 2.24) is 5.32 Å². The molecule has 0 spiro atoms. The van der Waals surface area contributed by atoms with Crippen LogP contribution < -0.4 is 5.32 Å². The average Bonchev–Trinajstić information content (AvgIpc) is 2.31. The first-order valence-electron chi connectivity index (χ1n) is 7.89. The van der Waals surface area contributed by atoms with Crippen LogP contribution in [-0.2, 0) is 6.42 Å². The van der Waals surface area contributed by atoms with Crippen molar-refractivity contribution < 1.29 is 4.39 Å². The third kappa shape index (κ3) is 6.80. The summed E-state index contributed by atoms with van der Waals surface area (Å²) in [4.78, 5) is 0. The molecule has 0 amide bonds. The second kappa shape index (κ2) is 8.14. The SMILES string of the molecule is CCNC(Cc1c(F)cccc1Cl)CC(C)CC(C)(C)C. The van der Waals surface area contributed by atoms with Crippen molar-refractivity contribution >= 4 is 11.6 Å². The van der Waals surface area contributed by atoms with Crippen LogP contribution in [0.2, 0.25) is 5.02 Å². The molecule has 0 saturated carbocycles. The number of halogens is 2. The third-order valence-corrected chi connectivity index (χ3v) is 4.01. The fraction of sp³-hybridized carbons (Fsp3) is 0.667. The molecule has 0 bridgehead atoms. The standard InChI is InChI=1S/C18H29ClFN/c1-6-21-14(10-13(2)12-18(3,4)5)11-15-16(19)8-7-9-17(15)20/h7-9,13-14,21H,6,10-12H2,1-5H3. The summed E-state index contributed by atoms with van der Waals surface area (Å²) >= 11 is 6.15. The van der Waals surface area contributed by atoms with E-state index in [-0.39, 0.29) is 11.9 Å². The molecule has 1 rings (SSSR count). The summed E-state index contributed by atoms with van der Waals surface area (Å²) < 4.78 is 13.9. The molecule has 0 heterocycles. The molecule has 1 N–H and O–H groups in total. The number of rotatable bonds is 7. The largest absolute Gasteiger partial charge is 0.314 e. The van der Waals surface area contributed by atoms with E-state index in [0.29, 0.717) is 28.3 Å². The molecule has 1 aromatic carbocycles. The Hall–Kier alpha value is -0.600. The van der Waals surface area contributed by atoms with Crippen LogP contribution in [0.4, 0.5) is 4.39 Å². The molecule has 120 valence electrons. The molecule has 2 atom stereocenters. The van der Waals surface area contributed by atoms with Gasteiger partial charge in [-0.1, -0.05) is 52.3 Å². The van der Waals surface area contributed by atoms with E-state index in [2.05, 4.69) is 39.9 Å². The van der Waals surface area contributed by atoms with E-state index in [1.54, 1.807) is 12.1 Å². The van der Waals surface area contributed by atoms with Gasteiger partial charge in [-0.25, -0.2) is 4.39 Å². The van der Waals surface area contributed by atoms with Crippen LogP contribution in [0, 0.1) is 17.2 Å². The van der Waals surface area contributed by atoms with Crippen LogP contribution in [0.3, 0.4) is 0 Å². The lowest BCUT2D eigenvalue weighted by Crippen LogP contribution is -2.33. The van der Waals surface area contributed by atoms with Gasteiger partial charge < -0.3 is 5.32 Å². The van der Waals surface area contributed by atoms with Gasteiger partial charge in [-0.2, -0.15) is 0 Å². The van der Waals surface area contributed by atoms with Crippen molar-refractivity contribution in [3.05, 3.63) is 34.6 Å². The van der Waals surface area contributed by atoms with E-state index in [9.17, 15) is 4.39 Å². The first-order valence-corrected chi connectivity index (χ1v) is 8.27. The molecule has 1 aromatic rings. The van der Waals surface area contributed by atoms with E-state index in [1.807, 2.05) is 0 Å². The Bertz CT molecular complexity index is 419. The summed E-state index contributed by atoms with van der Waals surface area (Å²) in [6.07, 6.45) is 2.85. The molecule has 0 radical (unpaired) electrons. The van der Waals surface area contributed by atoms with Crippen LogP contribution >= 0.6 is 11.6 Å². The molecule has 0 aliphatic rings. The van der Waals surface area contributed by atoms with Crippen LogP contribution in [0.25, 0.3) is 0 Å². The molecule has 1 nitrogen and oxygen atoms in total. The van der Waals surface area contributed by atoms with Crippen LogP contribution in [0.1, 0.15) is 53.0 Å². The lowest BCUT2D eigenvalue weighted by atomic mass is 9.82. The zero-order valence-corrected chi connectivity index (χ0v) is 14.7. The molecule has 0 aliphatic carbocycles. The van der Waals surface area contributed by atoms with E-state index in [0.717, 1.165) is 13.0 Å². The van der Waals surface area contributed by atoms with Crippen molar-refractivity contribution in [2.45, 2.75) is 59.9 Å². The minimum absolute atomic E-state index is 0.200. The van der Waals surface area contributed by atoms with Crippen molar-refractivity contribution in [2.24, 2.45) is 11.3 Å².